The first-order valence-electron chi connectivity index (χ1n) is 6.13. The predicted molar refractivity (Wildman–Crippen MR) is 77.2 cm³/mol. The second-order valence-corrected chi connectivity index (χ2v) is 4.97. The van der Waals surface area contributed by atoms with Crippen molar-refractivity contribution in [3.63, 3.8) is 0 Å². The summed E-state index contributed by atoms with van der Waals surface area (Å²) < 4.78 is 13.8. The molecule has 1 aromatic heterocycles. The standard InChI is InChI=1S/C16H11ClFNO/c17-12-5-6-13(14(18)8-12)16(20)11-7-10-3-1-2-4-15(10)19-9-11/h1-9,16,20H. The van der Waals surface area contributed by atoms with Crippen LogP contribution in [0.2, 0.25) is 5.02 Å². The zero-order chi connectivity index (χ0) is 14.1. The molecule has 4 heteroatoms. The van der Waals surface area contributed by atoms with Gasteiger partial charge in [0.15, 0.2) is 0 Å². The molecule has 1 unspecified atom stereocenters. The van der Waals surface area contributed by atoms with Gasteiger partial charge in [0, 0.05) is 27.7 Å². The summed E-state index contributed by atoms with van der Waals surface area (Å²) in [6, 6.07) is 13.6. The van der Waals surface area contributed by atoms with E-state index in [0.29, 0.717) is 10.6 Å². The number of aromatic nitrogens is 1. The molecular weight excluding hydrogens is 277 g/mol. The minimum Gasteiger partial charge on any atom is -0.383 e. The van der Waals surface area contributed by atoms with Gasteiger partial charge in [0.1, 0.15) is 11.9 Å². The molecule has 0 aliphatic carbocycles. The molecule has 0 amide bonds. The van der Waals surface area contributed by atoms with Crippen molar-refractivity contribution in [2.75, 3.05) is 0 Å². The summed E-state index contributed by atoms with van der Waals surface area (Å²) in [7, 11) is 0. The summed E-state index contributed by atoms with van der Waals surface area (Å²) in [4.78, 5) is 4.27. The van der Waals surface area contributed by atoms with E-state index < -0.39 is 11.9 Å². The Morgan fingerprint density at radius 3 is 2.70 bits per heavy atom. The average Bonchev–Trinajstić information content (AvgIpc) is 2.46. The van der Waals surface area contributed by atoms with Gasteiger partial charge < -0.3 is 5.11 Å². The van der Waals surface area contributed by atoms with Gasteiger partial charge in [-0.1, -0.05) is 35.9 Å². The number of aliphatic hydroxyl groups excluding tert-OH is 1. The molecule has 0 radical (unpaired) electrons. The van der Waals surface area contributed by atoms with Crippen LogP contribution in [-0.4, -0.2) is 10.1 Å². The number of hydrogen-bond acceptors (Lipinski definition) is 2. The first kappa shape index (κ1) is 13.0. The molecule has 1 N–H and O–H groups in total. The third-order valence-electron chi connectivity index (χ3n) is 3.18. The molecule has 2 nitrogen and oxygen atoms in total. The number of para-hydroxylation sites is 1. The lowest BCUT2D eigenvalue weighted by Crippen LogP contribution is -2.03. The molecule has 3 rings (SSSR count). The van der Waals surface area contributed by atoms with E-state index in [1.54, 1.807) is 18.3 Å². The number of fused-ring (bicyclic) bond motifs is 1. The molecule has 0 saturated heterocycles. The van der Waals surface area contributed by atoms with E-state index in [9.17, 15) is 9.50 Å². The maximum absolute atomic E-state index is 13.8. The second kappa shape index (κ2) is 5.19. The van der Waals surface area contributed by atoms with Crippen LogP contribution in [0.1, 0.15) is 17.2 Å². The first-order valence-corrected chi connectivity index (χ1v) is 6.50. The van der Waals surface area contributed by atoms with Crippen LogP contribution in [0.5, 0.6) is 0 Å². The molecule has 2 aromatic carbocycles. The molecule has 0 aliphatic heterocycles. The molecule has 0 saturated carbocycles. The Labute approximate surface area is 120 Å². The summed E-state index contributed by atoms with van der Waals surface area (Å²) in [6.07, 6.45) is 0.491. The summed E-state index contributed by atoms with van der Waals surface area (Å²) in [5.41, 5.74) is 1.57. The fourth-order valence-electron chi connectivity index (χ4n) is 2.14. The SMILES string of the molecule is OC(c1cnc2ccccc2c1)c1ccc(Cl)cc1F. The molecule has 0 bridgehead atoms. The molecule has 3 aromatic rings. The fraction of sp³-hybridized carbons (Fsp3) is 0.0625. The summed E-state index contributed by atoms with van der Waals surface area (Å²) in [6.45, 7) is 0. The number of hydrogen-bond donors (Lipinski definition) is 1. The molecule has 1 heterocycles. The van der Waals surface area contributed by atoms with Crippen LogP contribution in [0.3, 0.4) is 0 Å². The lowest BCUT2D eigenvalue weighted by Gasteiger charge is -2.13. The van der Waals surface area contributed by atoms with Gasteiger partial charge in [0.25, 0.3) is 0 Å². The van der Waals surface area contributed by atoms with E-state index in [4.69, 9.17) is 11.6 Å². The number of halogens is 2. The number of aliphatic hydroxyl groups is 1. The number of nitrogens with zero attached hydrogens (tertiary/aromatic N) is 1. The van der Waals surface area contributed by atoms with E-state index in [1.165, 1.54) is 12.1 Å². The lowest BCUT2D eigenvalue weighted by molar-refractivity contribution is 0.214. The lowest BCUT2D eigenvalue weighted by atomic mass is 10.0. The van der Waals surface area contributed by atoms with Crippen molar-refractivity contribution < 1.29 is 9.50 Å². The largest absolute Gasteiger partial charge is 0.383 e. The fourth-order valence-corrected chi connectivity index (χ4v) is 2.30. The van der Waals surface area contributed by atoms with Crippen molar-refractivity contribution >= 4 is 22.5 Å². The Morgan fingerprint density at radius 1 is 1.10 bits per heavy atom. The Hall–Kier alpha value is -1.97. The van der Waals surface area contributed by atoms with E-state index >= 15 is 0 Å². The van der Waals surface area contributed by atoms with Crippen LogP contribution in [0.25, 0.3) is 10.9 Å². The summed E-state index contributed by atoms with van der Waals surface area (Å²) in [5, 5.41) is 11.5. The van der Waals surface area contributed by atoms with E-state index in [1.807, 2.05) is 24.3 Å². The molecule has 20 heavy (non-hydrogen) atoms. The Kier molecular flexibility index (Phi) is 3.38. The summed E-state index contributed by atoms with van der Waals surface area (Å²) >= 11 is 5.71. The highest BCUT2D eigenvalue weighted by atomic mass is 35.5. The van der Waals surface area contributed by atoms with Crippen molar-refractivity contribution in [3.8, 4) is 0 Å². The van der Waals surface area contributed by atoms with E-state index in [2.05, 4.69) is 4.98 Å². The number of rotatable bonds is 2. The third kappa shape index (κ3) is 2.38. The van der Waals surface area contributed by atoms with E-state index in [0.717, 1.165) is 10.9 Å². The van der Waals surface area contributed by atoms with Gasteiger partial charge in [0.2, 0.25) is 0 Å². The molecule has 0 aliphatic rings. The molecular formula is C16H11ClFNO. The van der Waals surface area contributed by atoms with Crippen LogP contribution in [0, 0.1) is 5.82 Å². The van der Waals surface area contributed by atoms with Crippen molar-refractivity contribution in [1.82, 2.24) is 4.98 Å². The maximum atomic E-state index is 13.8. The monoisotopic (exact) mass is 287 g/mol. The van der Waals surface area contributed by atoms with Gasteiger partial charge in [0.05, 0.1) is 5.52 Å². The zero-order valence-electron chi connectivity index (χ0n) is 10.4. The van der Waals surface area contributed by atoms with Crippen molar-refractivity contribution in [2.45, 2.75) is 6.10 Å². The minimum absolute atomic E-state index is 0.187. The van der Waals surface area contributed by atoms with Gasteiger partial charge in [-0.2, -0.15) is 0 Å². The Morgan fingerprint density at radius 2 is 1.90 bits per heavy atom. The number of benzene rings is 2. The predicted octanol–water partition coefficient (Wildman–Crippen LogP) is 4.11. The van der Waals surface area contributed by atoms with Gasteiger partial charge in [-0.05, 0) is 24.3 Å². The quantitative estimate of drug-likeness (QED) is 0.769. The molecule has 0 fully saturated rings. The zero-order valence-corrected chi connectivity index (χ0v) is 11.2. The third-order valence-corrected chi connectivity index (χ3v) is 3.42. The highest BCUT2D eigenvalue weighted by molar-refractivity contribution is 6.30. The highest BCUT2D eigenvalue weighted by Gasteiger charge is 2.16. The van der Waals surface area contributed by atoms with Crippen molar-refractivity contribution in [1.29, 1.82) is 0 Å². The van der Waals surface area contributed by atoms with Gasteiger partial charge >= 0.3 is 0 Å². The van der Waals surface area contributed by atoms with Crippen LogP contribution < -0.4 is 0 Å². The molecule has 0 spiro atoms. The van der Waals surface area contributed by atoms with Crippen molar-refractivity contribution in [3.05, 3.63) is 76.7 Å². The van der Waals surface area contributed by atoms with Gasteiger partial charge in [-0.25, -0.2) is 4.39 Å². The maximum Gasteiger partial charge on any atom is 0.130 e. The smallest absolute Gasteiger partial charge is 0.130 e. The topological polar surface area (TPSA) is 33.1 Å². The second-order valence-electron chi connectivity index (χ2n) is 4.53. The van der Waals surface area contributed by atoms with Gasteiger partial charge in [-0.3, -0.25) is 4.98 Å². The van der Waals surface area contributed by atoms with Crippen LogP contribution in [-0.2, 0) is 0 Å². The van der Waals surface area contributed by atoms with Crippen LogP contribution in [0.4, 0.5) is 4.39 Å². The Balaban J connectivity index is 2.05. The molecule has 1 atom stereocenters. The summed E-state index contributed by atoms with van der Waals surface area (Å²) in [5.74, 6) is -0.529. The minimum atomic E-state index is -1.07. The highest BCUT2D eigenvalue weighted by Crippen LogP contribution is 2.27. The van der Waals surface area contributed by atoms with Crippen LogP contribution >= 0.6 is 11.6 Å². The first-order chi connectivity index (χ1) is 9.65. The van der Waals surface area contributed by atoms with Gasteiger partial charge in [-0.15, -0.1) is 0 Å². The van der Waals surface area contributed by atoms with Crippen LogP contribution in [0.15, 0.2) is 54.7 Å². The molecule has 100 valence electrons. The van der Waals surface area contributed by atoms with Crippen molar-refractivity contribution in [2.24, 2.45) is 0 Å². The average molecular weight is 288 g/mol. The normalized spacial score (nSPS) is 12.6. The Bertz CT molecular complexity index is 775. The van der Waals surface area contributed by atoms with E-state index in [-0.39, 0.29) is 5.56 Å². The number of pyridine rings is 1.